The molecule has 2 aromatic carbocycles. The third-order valence-electron chi connectivity index (χ3n) is 3.71. The molecule has 1 atom stereocenters. The predicted octanol–water partition coefficient (Wildman–Crippen LogP) is 2.88. The number of anilines is 1. The second-order valence-electron chi connectivity index (χ2n) is 5.26. The van der Waals surface area contributed by atoms with E-state index in [1.165, 1.54) is 7.11 Å². The molecule has 1 fully saturated rings. The van der Waals surface area contributed by atoms with Crippen molar-refractivity contribution >= 4 is 17.7 Å². The maximum Gasteiger partial charge on any atom is 0.414 e. The highest BCUT2D eigenvalue weighted by Crippen LogP contribution is 2.23. The molecule has 0 aromatic heterocycles. The Kier molecular flexibility index (Phi) is 4.65. The number of cyclic esters (lactones) is 1. The van der Waals surface area contributed by atoms with Crippen molar-refractivity contribution in [3.05, 3.63) is 60.2 Å². The number of para-hydroxylation sites is 1. The van der Waals surface area contributed by atoms with Gasteiger partial charge < -0.3 is 14.2 Å². The van der Waals surface area contributed by atoms with Gasteiger partial charge in [-0.3, -0.25) is 4.90 Å². The molecule has 6 heteroatoms. The summed E-state index contributed by atoms with van der Waals surface area (Å²) in [5, 5.41) is 0. The van der Waals surface area contributed by atoms with Gasteiger partial charge in [-0.15, -0.1) is 0 Å². The first-order valence-corrected chi connectivity index (χ1v) is 7.51. The molecule has 124 valence electrons. The van der Waals surface area contributed by atoms with Crippen LogP contribution < -0.4 is 9.64 Å². The molecule has 1 aliphatic heterocycles. The first-order valence-electron chi connectivity index (χ1n) is 7.51. The summed E-state index contributed by atoms with van der Waals surface area (Å²) in [7, 11) is 1.34. The summed E-state index contributed by atoms with van der Waals surface area (Å²) in [5.74, 6) is 0.210. The van der Waals surface area contributed by atoms with Gasteiger partial charge in [0.05, 0.1) is 12.7 Å². The van der Waals surface area contributed by atoms with Crippen LogP contribution in [0.15, 0.2) is 54.6 Å². The largest absolute Gasteiger partial charge is 0.491 e. The second-order valence-corrected chi connectivity index (χ2v) is 5.26. The van der Waals surface area contributed by atoms with Crippen LogP contribution in [-0.4, -0.2) is 38.4 Å². The van der Waals surface area contributed by atoms with Crippen molar-refractivity contribution in [3.8, 4) is 5.75 Å². The van der Waals surface area contributed by atoms with Crippen LogP contribution in [0, 0.1) is 0 Å². The molecule has 24 heavy (non-hydrogen) atoms. The molecule has 2 aromatic rings. The summed E-state index contributed by atoms with van der Waals surface area (Å²) in [5.41, 5.74) is 1.23. The highest BCUT2D eigenvalue weighted by atomic mass is 16.6. The minimum absolute atomic E-state index is 0.208. The fourth-order valence-corrected chi connectivity index (χ4v) is 2.49. The Balaban J connectivity index is 1.65. The van der Waals surface area contributed by atoms with E-state index in [4.69, 9.17) is 9.47 Å². The summed E-state index contributed by atoms with van der Waals surface area (Å²) < 4.78 is 15.5. The number of amides is 1. The summed E-state index contributed by atoms with van der Waals surface area (Å²) in [6, 6.07) is 15.8. The van der Waals surface area contributed by atoms with E-state index in [-0.39, 0.29) is 25.3 Å². The zero-order valence-corrected chi connectivity index (χ0v) is 13.2. The van der Waals surface area contributed by atoms with Gasteiger partial charge in [-0.2, -0.15) is 0 Å². The number of benzene rings is 2. The SMILES string of the molecule is COC(=O)c1ccc(OCC2COC(=O)N2c2ccccc2)cc1. The Bertz CT molecular complexity index is 714. The van der Waals surface area contributed by atoms with Gasteiger partial charge in [0.15, 0.2) is 0 Å². The Morgan fingerprint density at radius 3 is 2.54 bits per heavy atom. The summed E-state index contributed by atoms with van der Waals surface area (Å²) >= 11 is 0. The number of esters is 1. The molecule has 0 aliphatic carbocycles. The summed E-state index contributed by atoms with van der Waals surface area (Å²) in [4.78, 5) is 24.9. The van der Waals surface area contributed by atoms with Crippen LogP contribution in [0.1, 0.15) is 10.4 Å². The van der Waals surface area contributed by atoms with Crippen molar-refractivity contribution in [1.29, 1.82) is 0 Å². The Morgan fingerprint density at radius 1 is 1.17 bits per heavy atom. The number of nitrogens with zero attached hydrogens (tertiary/aromatic N) is 1. The van der Waals surface area contributed by atoms with Crippen LogP contribution in [0.3, 0.4) is 0 Å². The molecule has 1 amide bonds. The van der Waals surface area contributed by atoms with Crippen molar-refractivity contribution in [2.75, 3.05) is 25.2 Å². The van der Waals surface area contributed by atoms with Crippen LogP contribution in [-0.2, 0) is 9.47 Å². The van der Waals surface area contributed by atoms with Crippen molar-refractivity contribution in [2.24, 2.45) is 0 Å². The molecule has 1 heterocycles. The zero-order chi connectivity index (χ0) is 16.9. The Labute approximate surface area is 139 Å². The number of carbonyl (C=O) groups excluding carboxylic acids is 2. The number of rotatable bonds is 5. The average molecular weight is 327 g/mol. The lowest BCUT2D eigenvalue weighted by Gasteiger charge is -2.21. The minimum Gasteiger partial charge on any atom is -0.491 e. The van der Waals surface area contributed by atoms with Crippen molar-refractivity contribution < 1.29 is 23.8 Å². The lowest BCUT2D eigenvalue weighted by molar-refractivity contribution is 0.0600. The molecule has 0 N–H and O–H groups in total. The maximum absolute atomic E-state index is 11.9. The molecule has 6 nitrogen and oxygen atoms in total. The van der Waals surface area contributed by atoms with Gasteiger partial charge >= 0.3 is 12.1 Å². The number of methoxy groups -OCH3 is 1. The lowest BCUT2D eigenvalue weighted by Crippen LogP contribution is -2.37. The molecule has 0 bridgehead atoms. The fraction of sp³-hybridized carbons (Fsp3) is 0.222. The van der Waals surface area contributed by atoms with Crippen LogP contribution in [0.5, 0.6) is 5.75 Å². The summed E-state index contributed by atoms with van der Waals surface area (Å²) in [6.07, 6.45) is -0.379. The van der Waals surface area contributed by atoms with Gasteiger partial charge in [-0.1, -0.05) is 18.2 Å². The van der Waals surface area contributed by atoms with E-state index in [0.717, 1.165) is 5.69 Å². The molecule has 0 radical (unpaired) electrons. The van der Waals surface area contributed by atoms with E-state index in [1.807, 2.05) is 30.3 Å². The molecule has 1 aliphatic rings. The minimum atomic E-state index is -0.397. The van der Waals surface area contributed by atoms with Gasteiger partial charge in [-0.05, 0) is 36.4 Å². The quantitative estimate of drug-likeness (QED) is 0.790. The molecule has 0 saturated carbocycles. The number of ether oxygens (including phenoxy) is 3. The van der Waals surface area contributed by atoms with Gasteiger partial charge in [0.2, 0.25) is 0 Å². The van der Waals surface area contributed by atoms with E-state index in [0.29, 0.717) is 11.3 Å². The van der Waals surface area contributed by atoms with Gasteiger partial charge in [-0.25, -0.2) is 9.59 Å². The third-order valence-corrected chi connectivity index (χ3v) is 3.71. The van der Waals surface area contributed by atoms with Crippen molar-refractivity contribution in [1.82, 2.24) is 0 Å². The highest BCUT2D eigenvalue weighted by Gasteiger charge is 2.34. The van der Waals surface area contributed by atoms with E-state index >= 15 is 0 Å². The van der Waals surface area contributed by atoms with Crippen LogP contribution in [0.2, 0.25) is 0 Å². The monoisotopic (exact) mass is 327 g/mol. The van der Waals surface area contributed by atoms with Crippen molar-refractivity contribution in [2.45, 2.75) is 6.04 Å². The topological polar surface area (TPSA) is 65.1 Å². The van der Waals surface area contributed by atoms with Gasteiger partial charge in [0.1, 0.15) is 25.0 Å². The normalized spacial score (nSPS) is 16.6. The zero-order valence-electron chi connectivity index (χ0n) is 13.2. The molecule has 3 rings (SSSR count). The average Bonchev–Trinajstić information content (AvgIpc) is 3.01. The molecule has 0 spiro atoms. The Morgan fingerprint density at radius 2 is 1.88 bits per heavy atom. The standard InChI is InChI=1S/C18H17NO5/c1-22-17(20)13-7-9-16(10-8-13)23-11-15-12-24-18(21)19(15)14-5-3-2-4-6-14/h2-10,15H,11-12H2,1H3. The van der Waals surface area contributed by atoms with Gasteiger partial charge in [0.25, 0.3) is 0 Å². The number of carbonyl (C=O) groups is 2. The van der Waals surface area contributed by atoms with E-state index in [1.54, 1.807) is 29.2 Å². The molecule has 1 saturated heterocycles. The number of hydrogen-bond donors (Lipinski definition) is 0. The Hall–Kier alpha value is -3.02. The first-order chi connectivity index (χ1) is 11.7. The third kappa shape index (κ3) is 3.32. The van der Waals surface area contributed by atoms with Crippen LogP contribution in [0.4, 0.5) is 10.5 Å². The predicted molar refractivity (Wildman–Crippen MR) is 87.3 cm³/mol. The fourth-order valence-electron chi connectivity index (χ4n) is 2.49. The van der Waals surface area contributed by atoms with Crippen molar-refractivity contribution in [3.63, 3.8) is 0 Å². The highest BCUT2D eigenvalue weighted by molar-refractivity contribution is 5.90. The summed E-state index contributed by atoms with van der Waals surface area (Å²) in [6.45, 7) is 0.562. The second kappa shape index (κ2) is 7.04. The first kappa shape index (κ1) is 15.9. The smallest absolute Gasteiger partial charge is 0.414 e. The van der Waals surface area contributed by atoms with Gasteiger partial charge in [0, 0.05) is 5.69 Å². The molecular weight excluding hydrogens is 310 g/mol. The molecular formula is C18H17NO5. The van der Waals surface area contributed by atoms with E-state index in [9.17, 15) is 9.59 Å². The van der Waals surface area contributed by atoms with E-state index in [2.05, 4.69) is 4.74 Å². The van der Waals surface area contributed by atoms with Crippen LogP contribution in [0.25, 0.3) is 0 Å². The van der Waals surface area contributed by atoms with E-state index < -0.39 is 5.97 Å². The number of hydrogen-bond acceptors (Lipinski definition) is 5. The molecule has 1 unspecified atom stereocenters. The lowest BCUT2D eigenvalue weighted by atomic mass is 10.2. The van der Waals surface area contributed by atoms with Crippen LogP contribution >= 0.6 is 0 Å². The maximum atomic E-state index is 11.9.